The molecule has 3 aromatic heterocycles. The summed E-state index contributed by atoms with van der Waals surface area (Å²) in [5, 5.41) is 6.20. The molecule has 0 unspecified atom stereocenters. The van der Waals surface area contributed by atoms with E-state index in [1.807, 2.05) is 6.07 Å². The van der Waals surface area contributed by atoms with E-state index in [0.29, 0.717) is 18.1 Å². The smallest absolute Gasteiger partial charge is 0.252 e. The molecule has 164 valence electrons. The topological polar surface area (TPSA) is 66.3 Å². The van der Waals surface area contributed by atoms with Crippen LogP contribution in [0.1, 0.15) is 4.88 Å². The molecule has 1 aromatic carbocycles. The van der Waals surface area contributed by atoms with Crippen molar-refractivity contribution in [1.82, 2.24) is 19.4 Å². The Bertz CT molecular complexity index is 1240. The lowest BCUT2D eigenvalue weighted by molar-refractivity contribution is 0.313. The number of fused-ring (bicyclic) bond motifs is 1. The Kier molecular flexibility index (Phi) is 5.87. The number of likely N-dealkylation sites (N-methyl/N-ethyl adjacent to an activating group) is 1. The van der Waals surface area contributed by atoms with Gasteiger partial charge in [0.05, 0.1) is 0 Å². The van der Waals surface area contributed by atoms with Crippen LogP contribution in [-0.4, -0.2) is 52.7 Å². The summed E-state index contributed by atoms with van der Waals surface area (Å²) in [6.07, 6.45) is 2.57. The lowest BCUT2D eigenvalue weighted by Gasteiger charge is -2.34. The molecule has 8 heteroatoms. The first-order valence-electron chi connectivity index (χ1n) is 10.9. The lowest BCUT2D eigenvalue weighted by atomic mass is 10.2. The van der Waals surface area contributed by atoms with E-state index in [1.165, 1.54) is 10.6 Å². The van der Waals surface area contributed by atoms with Crippen LogP contribution in [0, 0.1) is 0 Å². The van der Waals surface area contributed by atoms with Crippen LogP contribution in [0.3, 0.4) is 0 Å². The Hall–Kier alpha value is -3.23. The molecule has 1 N–H and O–H groups in total. The summed E-state index contributed by atoms with van der Waals surface area (Å²) in [7, 11) is 2.16. The molecule has 0 amide bonds. The highest BCUT2D eigenvalue weighted by Crippen LogP contribution is 2.22. The normalized spacial score (nSPS) is 14.7. The van der Waals surface area contributed by atoms with Gasteiger partial charge in [-0.15, -0.1) is 11.3 Å². The highest BCUT2D eigenvalue weighted by atomic mass is 32.1. The first-order chi connectivity index (χ1) is 15.7. The zero-order chi connectivity index (χ0) is 21.9. The summed E-state index contributed by atoms with van der Waals surface area (Å²) < 4.78 is 1.73. The molecule has 0 bridgehead atoms. The van der Waals surface area contributed by atoms with Gasteiger partial charge in [0.1, 0.15) is 5.65 Å². The molecule has 0 atom stereocenters. The van der Waals surface area contributed by atoms with Gasteiger partial charge in [0, 0.05) is 66.6 Å². The number of piperazine rings is 1. The Labute approximate surface area is 191 Å². The highest BCUT2D eigenvalue weighted by molar-refractivity contribution is 7.09. The number of pyridine rings is 1. The second kappa shape index (κ2) is 9.10. The minimum absolute atomic E-state index is 0.0461. The fourth-order valence-corrected chi connectivity index (χ4v) is 4.67. The van der Waals surface area contributed by atoms with Crippen LogP contribution < -0.4 is 15.8 Å². The number of nitrogens with one attached hydrogen (secondary N) is 1. The second-order valence-corrected chi connectivity index (χ2v) is 9.12. The fourth-order valence-electron chi connectivity index (χ4n) is 3.97. The SMILES string of the molecule is CN1CCN(c2ccc(Nc3ncc4ccc(=O)n(CCc5cccs5)c4n3)cc2)CC1. The van der Waals surface area contributed by atoms with Gasteiger partial charge in [-0.3, -0.25) is 9.36 Å². The molecule has 0 spiro atoms. The van der Waals surface area contributed by atoms with Gasteiger partial charge in [0.2, 0.25) is 5.95 Å². The average molecular weight is 447 g/mol. The Morgan fingerprint density at radius 2 is 1.84 bits per heavy atom. The lowest BCUT2D eigenvalue weighted by Crippen LogP contribution is -2.44. The van der Waals surface area contributed by atoms with Crippen LogP contribution >= 0.6 is 11.3 Å². The number of thiophene rings is 1. The number of aryl methyl sites for hydroxylation is 2. The van der Waals surface area contributed by atoms with Gasteiger partial charge >= 0.3 is 0 Å². The number of anilines is 3. The first-order valence-corrected chi connectivity index (χ1v) is 11.7. The van der Waals surface area contributed by atoms with E-state index in [9.17, 15) is 4.79 Å². The molecular weight excluding hydrogens is 420 g/mol. The molecule has 0 saturated carbocycles. The number of hydrogen-bond donors (Lipinski definition) is 1. The number of hydrogen-bond acceptors (Lipinski definition) is 7. The zero-order valence-electron chi connectivity index (χ0n) is 18.1. The zero-order valence-corrected chi connectivity index (χ0v) is 18.9. The van der Waals surface area contributed by atoms with Crippen LogP contribution in [-0.2, 0) is 13.0 Å². The van der Waals surface area contributed by atoms with Crippen molar-refractivity contribution in [2.45, 2.75) is 13.0 Å². The van der Waals surface area contributed by atoms with Crippen LogP contribution in [0.2, 0.25) is 0 Å². The van der Waals surface area contributed by atoms with Gasteiger partial charge in [-0.25, -0.2) is 4.98 Å². The Balaban J connectivity index is 1.35. The van der Waals surface area contributed by atoms with Gasteiger partial charge in [-0.1, -0.05) is 6.07 Å². The first kappa shape index (κ1) is 20.7. The van der Waals surface area contributed by atoms with Gasteiger partial charge < -0.3 is 15.1 Å². The van der Waals surface area contributed by atoms with Crippen molar-refractivity contribution in [2.24, 2.45) is 0 Å². The molecule has 4 aromatic rings. The summed E-state index contributed by atoms with van der Waals surface area (Å²) in [5.41, 5.74) is 2.76. The molecular formula is C24H26N6OS. The maximum atomic E-state index is 12.5. The molecule has 1 saturated heterocycles. The number of rotatable bonds is 6. The maximum absolute atomic E-state index is 12.5. The van der Waals surface area contributed by atoms with Crippen molar-refractivity contribution >= 4 is 39.7 Å². The predicted molar refractivity (Wildman–Crippen MR) is 131 cm³/mol. The summed E-state index contributed by atoms with van der Waals surface area (Å²) in [6.45, 7) is 4.84. The van der Waals surface area contributed by atoms with Crippen molar-refractivity contribution in [3.05, 3.63) is 75.3 Å². The Morgan fingerprint density at radius 3 is 2.59 bits per heavy atom. The van der Waals surface area contributed by atoms with Crippen LogP contribution in [0.15, 0.2) is 64.9 Å². The summed E-state index contributed by atoms with van der Waals surface area (Å²) in [6, 6.07) is 15.9. The molecule has 1 fully saturated rings. The van der Waals surface area contributed by atoms with Crippen molar-refractivity contribution < 1.29 is 0 Å². The Morgan fingerprint density at radius 1 is 1.03 bits per heavy atom. The standard InChI is InChI=1S/C24H26N6OS/c1-28-12-14-29(15-13-28)20-7-5-19(6-8-20)26-24-25-17-18-4-9-22(31)30(23(18)27-24)11-10-21-3-2-16-32-21/h2-9,16-17H,10-15H2,1H3,(H,25,26,27). The molecule has 0 aliphatic carbocycles. The van der Waals surface area contributed by atoms with E-state index in [-0.39, 0.29) is 5.56 Å². The fraction of sp³-hybridized carbons (Fsp3) is 0.292. The summed E-state index contributed by atoms with van der Waals surface area (Å²) >= 11 is 1.70. The molecule has 1 aliphatic rings. The molecule has 4 heterocycles. The van der Waals surface area contributed by atoms with Crippen LogP contribution in [0.4, 0.5) is 17.3 Å². The minimum Gasteiger partial charge on any atom is -0.369 e. The highest BCUT2D eigenvalue weighted by Gasteiger charge is 2.14. The van der Waals surface area contributed by atoms with Crippen molar-refractivity contribution in [1.29, 1.82) is 0 Å². The van der Waals surface area contributed by atoms with E-state index < -0.39 is 0 Å². The van der Waals surface area contributed by atoms with Crippen LogP contribution in [0.25, 0.3) is 11.0 Å². The summed E-state index contributed by atoms with van der Waals surface area (Å²) in [4.78, 5) is 27.7. The van der Waals surface area contributed by atoms with Crippen molar-refractivity contribution in [2.75, 3.05) is 43.4 Å². The van der Waals surface area contributed by atoms with Gasteiger partial charge in [0.15, 0.2) is 0 Å². The van der Waals surface area contributed by atoms with Crippen LogP contribution in [0.5, 0.6) is 0 Å². The van der Waals surface area contributed by atoms with E-state index in [4.69, 9.17) is 0 Å². The van der Waals surface area contributed by atoms with Crippen molar-refractivity contribution in [3.8, 4) is 0 Å². The quantitative estimate of drug-likeness (QED) is 0.488. The third-order valence-corrected chi connectivity index (χ3v) is 6.81. The minimum atomic E-state index is -0.0461. The van der Waals surface area contributed by atoms with E-state index in [0.717, 1.165) is 43.7 Å². The predicted octanol–water partition coefficient (Wildman–Crippen LogP) is 3.59. The monoisotopic (exact) mass is 446 g/mol. The molecule has 7 nitrogen and oxygen atoms in total. The maximum Gasteiger partial charge on any atom is 0.252 e. The second-order valence-electron chi connectivity index (χ2n) is 8.09. The van der Waals surface area contributed by atoms with Gasteiger partial charge in [0.25, 0.3) is 5.56 Å². The van der Waals surface area contributed by atoms with E-state index in [2.05, 4.69) is 67.8 Å². The summed E-state index contributed by atoms with van der Waals surface area (Å²) in [5.74, 6) is 0.486. The average Bonchev–Trinajstić information content (AvgIpc) is 3.33. The van der Waals surface area contributed by atoms with Gasteiger partial charge in [-0.2, -0.15) is 4.98 Å². The molecule has 5 rings (SSSR count). The van der Waals surface area contributed by atoms with E-state index >= 15 is 0 Å². The van der Waals surface area contributed by atoms with Gasteiger partial charge in [-0.05, 0) is 55.2 Å². The van der Waals surface area contributed by atoms with Crippen molar-refractivity contribution in [3.63, 3.8) is 0 Å². The molecule has 32 heavy (non-hydrogen) atoms. The number of benzene rings is 1. The molecule has 0 radical (unpaired) electrons. The van der Waals surface area contributed by atoms with E-state index in [1.54, 1.807) is 34.2 Å². The largest absolute Gasteiger partial charge is 0.369 e. The molecule has 1 aliphatic heterocycles. The number of aromatic nitrogens is 3. The third kappa shape index (κ3) is 4.51. The number of nitrogens with zero attached hydrogens (tertiary/aromatic N) is 5. The third-order valence-electron chi connectivity index (χ3n) is 5.88.